The predicted molar refractivity (Wildman–Crippen MR) is 89.8 cm³/mol. The Bertz CT molecular complexity index is 721. The van der Waals surface area contributed by atoms with Crippen LogP contribution in [0.3, 0.4) is 0 Å². The lowest BCUT2D eigenvalue weighted by Gasteiger charge is -2.14. The van der Waals surface area contributed by atoms with Crippen molar-refractivity contribution in [1.29, 1.82) is 0 Å². The quantitative estimate of drug-likeness (QED) is 0.647. The molecule has 0 radical (unpaired) electrons. The van der Waals surface area contributed by atoms with Crippen molar-refractivity contribution in [2.24, 2.45) is 0 Å². The fourth-order valence-electron chi connectivity index (χ4n) is 2.93. The van der Waals surface area contributed by atoms with Crippen LogP contribution in [-0.2, 0) is 5.88 Å². The number of rotatable bonds is 4. The summed E-state index contributed by atoms with van der Waals surface area (Å²) in [6.45, 7) is 0. The average Bonchev–Trinajstić information content (AvgIpc) is 3.09. The third-order valence-corrected chi connectivity index (χ3v) is 4.40. The summed E-state index contributed by atoms with van der Waals surface area (Å²) in [4.78, 5) is 0. The fraction of sp³-hybridized carbons (Fsp3) is 0.263. The van der Waals surface area contributed by atoms with Crippen molar-refractivity contribution in [3.05, 3.63) is 59.4 Å². The molecule has 0 aromatic heterocycles. The standard InChI is InChI=1S/C19H18ClFO/c1-22-15-7-9-19(21)18(11-15)16-8-6-13(12-20)10-17(16)14-4-2-3-5-14/h4,6-11H,2-3,5,12H2,1H3. The minimum Gasteiger partial charge on any atom is -0.497 e. The number of methoxy groups -OCH3 is 1. The van der Waals surface area contributed by atoms with Crippen molar-refractivity contribution in [1.82, 2.24) is 0 Å². The van der Waals surface area contributed by atoms with Gasteiger partial charge in [-0.1, -0.05) is 18.2 Å². The smallest absolute Gasteiger partial charge is 0.131 e. The van der Waals surface area contributed by atoms with Crippen LogP contribution in [0.4, 0.5) is 4.39 Å². The zero-order chi connectivity index (χ0) is 15.5. The summed E-state index contributed by atoms with van der Waals surface area (Å²) in [7, 11) is 1.59. The molecule has 0 unspecified atom stereocenters. The molecule has 0 saturated carbocycles. The summed E-state index contributed by atoms with van der Waals surface area (Å²) >= 11 is 5.97. The molecule has 0 spiro atoms. The van der Waals surface area contributed by atoms with Crippen LogP contribution in [0.2, 0.25) is 0 Å². The van der Waals surface area contributed by atoms with Gasteiger partial charge in [0.15, 0.2) is 0 Å². The SMILES string of the molecule is COc1ccc(F)c(-c2ccc(CCl)cc2C2=CCCC2)c1. The Morgan fingerprint density at radius 2 is 1.95 bits per heavy atom. The number of halogens is 2. The number of hydrogen-bond acceptors (Lipinski definition) is 1. The average molecular weight is 317 g/mol. The first kappa shape index (κ1) is 15.1. The second-order valence-electron chi connectivity index (χ2n) is 5.48. The van der Waals surface area contributed by atoms with Gasteiger partial charge in [-0.25, -0.2) is 4.39 Å². The lowest BCUT2D eigenvalue weighted by atomic mass is 9.92. The van der Waals surface area contributed by atoms with Crippen LogP contribution in [0.15, 0.2) is 42.5 Å². The fourth-order valence-corrected chi connectivity index (χ4v) is 3.09. The summed E-state index contributed by atoms with van der Waals surface area (Å²) < 4.78 is 19.6. The molecule has 1 nitrogen and oxygen atoms in total. The van der Waals surface area contributed by atoms with Crippen LogP contribution in [0.1, 0.15) is 30.4 Å². The molecule has 0 heterocycles. The normalized spacial score (nSPS) is 14.0. The Morgan fingerprint density at radius 3 is 2.64 bits per heavy atom. The van der Waals surface area contributed by atoms with Crippen molar-refractivity contribution in [3.8, 4) is 16.9 Å². The van der Waals surface area contributed by atoms with E-state index in [1.54, 1.807) is 19.2 Å². The van der Waals surface area contributed by atoms with Crippen LogP contribution in [0, 0.1) is 5.82 Å². The van der Waals surface area contributed by atoms with Gasteiger partial charge < -0.3 is 4.74 Å². The molecule has 0 amide bonds. The first-order valence-electron chi connectivity index (χ1n) is 7.45. The number of benzene rings is 2. The van der Waals surface area contributed by atoms with Gasteiger partial charge in [-0.3, -0.25) is 0 Å². The monoisotopic (exact) mass is 316 g/mol. The predicted octanol–water partition coefficient (Wildman–Crippen LogP) is 5.81. The number of alkyl halides is 1. The summed E-state index contributed by atoms with van der Waals surface area (Å²) in [5.74, 6) is 0.879. The molecule has 2 aromatic carbocycles. The molecular weight excluding hydrogens is 299 g/mol. The summed E-state index contributed by atoms with van der Waals surface area (Å²) in [6, 6.07) is 10.9. The highest BCUT2D eigenvalue weighted by atomic mass is 35.5. The van der Waals surface area contributed by atoms with E-state index >= 15 is 0 Å². The Morgan fingerprint density at radius 1 is 1.09 bits per heavy atom. The number of allylic oxidation sites excluding steroid dienone is 2. The van der Waals surface area contributed by atoms with Gasteiger partial charge in [-0.2, -0.15) is 0 Å². The van der Waals surface area contributed by atoms with Gasteiger partial charge in [0.25, 0.3) is 0 Å². The number of hydrogen-bond donors (Lipinski definition) is 0. The first-order valence-corrected chi connectivity index (χ1v) is 7.98. The van der Waals surface area contributed by atoms with Crippen molar-refractivity contribution < 1.29 is 9.13 Å². The van der Waals surface area contributed by atoms with E-state index in [1.165, 1.54) is 11.6 Å². The van der Waals surface area contributed by atoms with Gasteiger partial charge in [0, 0.05) is 11.4 Å². The molecule has 1 aliphatic carbocycles. The maximum Gasteiger partial charge on any atom is 0.131 e. The molecule has 0 aliphatic heterocycles. The van der Waals surface area contributed by atoms with E-state index in [4.69, 9.17) is 16.3 Å². The van der Waals surface area contributed by atoms with Crippen molar-refractivity contribution in [2.75, 3.05) is 7.11 Å². The maximum atomic E-state index is 14.3. The van der Waals surface area contributed by atoms with E-state index in [-0.39, 0.29) is 5.82 Å². The van der Waals surface area contributed by atoms with Crippen molar-refractivity contribution >= 4 is 17.2 Å². The van der Waals surface area contributed by atoms with E-state index in [9.17, 15) is 4.39 Å². The summed E-state index contributed by atoms with van der Waals surface area (Å²) in [6.07, 6.45) is 5.51. The van der Waals surface area contributed by atoms with Crippen molar-refractivity contribution in [3.63, 3.8) is 0 Å². The van der Waals surface area contributed by atoms with Gasteiger partial charge in [0.2, 0.25) is 0 Å². The highest BCUT2D eigenvalue weighted by Crippen LogP contribution is 2.37. The molecule has 114 valence electrons. The van der Waals surface area contributed by atoms with Gasteiger partial charge in [-0.15, -0.1) is 11.6 Å². The highest BCUT2D eigenvalue weighted by molar-refractivity contribution is 6.17. The van der Waals surface area contributed by atoms with E-state index in [0.717, 1.165) is 36.0 Å². The molecule has 0 fully saturated rings. The summed E-state index contributed by atoms with van der Waals surface area (Å²) in [5, 5.41) is 0. The van der Waals surface area contributed by atoms with E-state index in [2.05, 4.69) is 12.1 Å². The molecule has 2 aromatic rings. The molecule has 3 heteroatoms. The first-order chi connectivity index (χ1) is 10.7. The Balaban J connectivity index is 2.17. The lowest BCUT2D eigenvalue weighted by Crippen LogP contribution is -1.94. The molecule has 0 bridgehead atoms. The molecule has 22 heavy (non-hydrogen) atoms. The topological polar surface area (TPSA) is 9.23 Å². The van der Waals surface area contributed by atoms with Crippen LogP contribution < -0.4 is 4.74 Å². The highest BCUT2D eigenvalue weighted by Gasteiger charge is 2.16. The lowest BCUT2D eigenvalue weighted by molar-refractivity contribution is 0.414. The van der Waals surface area contributed by atoms with Gasteiger partial charge in [-0.05, 0) is 65.8 Å². The maximum absolute atomic E-state index is 14.3. The van der Waals surface area contributed by atoms with Gasteiger partial charge in [0.05, 0.1) is 7.11 Å². The molecule has 1 aliphatic rings. The van der Waals surface area contributed by atoms with E-state index in [1.807, 2.05) is 12.1 Å². The van der Waals surface area contributed by atoms with Crippen LogP contribution in [-0.4, -0.2) is 7.11 Å². The third-order valence-electron chi connectivity index (χ3n) is 4.09. The van der Waals surface area contributed by atoms with E-state index < -0.39 is 0 Å². The van der Waals surface area contributed by atoms with Crippen LogP contribution >= 0.6 is 11.6 Å². The zero-order valence-electron chi connectivity index (χ0n) is 12.5. The van der Waals surface area contributed by atoms with E-state index in [0.29, 0.717) is 17.2 Å². The Kier molecular flexibility index (Phi) is 4.49. The van der Waals surface area contributed by atoms with Crippen molar-refractivity contribution in [2.45, 2.75) is 25.1 Å². The third kappa shape index (κ3) is 2.89. The summed E-state index contributed by atoms with van der Waals surface area (Å²) in [5.41, 5.74) is 4.89. The second-order valence-corrected chi connectivity index (χ2v) is 5.75. The Hall–Kier alpha value is -1.80. The van der Waals surface area contributed by atoms with Crippen LogP contribution in [0.5, 0.6) is 5.75 Å². The second kappa shape index (κ2) is 6.53. The van der Waals surface area contributed by atoms with Crippen LogP contribution in [0.25, 0.3) is 16.7 Å². The molecular formula is C19H18ClFO. The minimum atomic E-state index is -0.237. The Labute approximate surface area is 135 Å². The zero-order valence-corrected chi connectivity index (χ0v) is 13.3. The number of ether oxygens (including phenoxy) is 1. The molecule has 3 rings (SSSR count). The largest absolute Gasteiger partial charge is 0.497 e. The molecule has 0 saturated heterocycles. The van der Waals surface area contributed by atoms with Gasteiger partial charge in [0.1, 0.15) is 11.6 Å². The minimum absolute atomic E-state index is 0.237. The molecule has 0 atom stereocenters. The molecule has 0 N–H and O–H groups in total. The van der Waals surface area contributed by atoms with Gasteiger partial charge >= 0.3 is 0 Å².